The third kappa shape index (κ3) is 6.16. The fourth-order valence-electron chi connectivity index (χ4n) is 4.77. The van der Waals surface area contributed by atoms with Gasteiger partial charge in [-0.05, 0) is 36.8 Å². The molecular weight excluding hydrogens is 675 g/mol. The van der Waals surface area contributed by atoms with Gasteiger partial charge in [-0.1, -0.05) is 0 Å². The molecule has 0 aliphatic carbocycles. The molecule has 3 amide bonds. The van der Waals surface area contributed by atoms with Crippen LogP contribution in [0.3, 0.4) is 0 Å². The normalized spacial score (nSPS) is 17.3. The molecule has 7 N–H and O–H groups in total. The number of β-lactam (4-membered cyclic amide) rings is 1. The number of benzene rings is 1. The quantitative estimate of drug-likeness (QED) is 0.0330. The Kier molecular flexibility index (Phi) is 8.47. The predicted octanol–water partition coefficient (Wildman–Crippen LogP) is 0.526. The summed E-state index contributed by atoms with van der Waals surface area (Å²) in [6.07, 6.45) is 0. The molecule has 2 atom stereocenters. The highest BCUT2D eigenvalue weighted by Gasteiger charge is 2.54. The van der Waals surface area contributed by atoms with Gasteiger partial charge in [0.25, 0.3) is 29.3 Å². The first-order valence-corrected chi connectivity index (χ1v) is 16.4. The fraction of sp³-hybridized carbons (Fsp3) is 0.222. The van der Waals surface area contributed by atoms with Crippen LogP contribution in [-0.4, -0.2) is 97.2 Å². The number of carboxylic acid groups (broad SMARTS) is 1. The van der Waals surface area contributed by atoms with Crippen LogP contribution in [0.15, 0.2) is 45.9 Å². The van der Waals surface area contributed by atoms with Crippen molar-refractivity contribution in [1.29, 1.82) is 0 Å². The van der Waals surface area contributed by atoms with Gasteiger partial charge in [0.1, 0.15) is 27.8 Å². The average Bonchev–Trinajstić information content (AvgIpc) is 3.67. The van der Waals surface area contributed by atoms with Crippen LogP contribution in [0.5, 0.6) is 11.5 Å². The number of rotatable bonds is 10. The SMILES string of the molecule is Cc1cc(SCC2=C(C(=O)O)N3C(=O)[C@@H](NC(=O)C(=O)c4csc(N)n4)[C@H]3SC2)n2nc(CNC(=O)c3ccc(O)c(O)c3)nc2n1. The number of nitrogens with one attached hydrogen (secondary N) is 2. The predicted molar refractivity (Wildman–Crippen MR) is 168 cm³/mol. The topological polar surface area (TPSA) is 255 Å². The number of carboxylic acids is 1. The zero-order valence-corrected chi connectivity index (χ0v) is 26.5. The van der Waals surface area contributed by atoms with Crippen LogP contribution in [0.4, 0.5) is 5.13 Å². The van der Waals surface area contributed by atoms with E-state index in [0.29, 0.717) is 16.3 Å². The van der Waals surface area contributed by atoms with Crippen molar-refractivity contribution < 1.29 is 39.3 Å². The molecule has 1 fully saturated rings. The first-order valence-electron chi connectivity index (χ1n) is 13.5. The number of phenols is 2. The number of fused-ring (bicyclic) bond motifs is 2. The highest BCUT2D eigenvalue weighted by Crippen LogP contribution is 2.41. The molecule has 47 heavy (non-hydrogen) atoms. The van der Waals surface area contributed by atoms with Crippen molar-refractivity contribution in [3.05, 3.63) is 63.7 Å². The second kappa shape index (κ2) is 12.5. The molecule has 0 spiro atoms. The van der Waals surface area contributed by atoms with E-state index >= 15 is 0 Å². The number of aryl methyl sites for hydroxylation is 1. The smallest absolute Gasteiger partial charge is 0.352 e. The number of aliphatic carboxylic acids is 1. The second-order valence-electron chi connectivity index (χ2n) is 10.2. The average molecular weight is 698 g/mol. The van der Waals surface area contributed by atoms with Gasteiger partial charge >= 0.3 is 5.97 Å². The molecule has 1 saturated heterocycles. The van der Waals surface area contributed by atoms with E-state index in [2.05, 4.69) is 30.7 Å². The Hall–Kier alpha value is -5.21. The van der Waals surface area contributed by atoms with Crippen molar-refractivity contribution in [2.75, 3.05) is 17.2 Å². The van der Waals surface area contributed by atoms with Gasteiger partial charge in [-0.2, -0.15) is 9.50 Å². The van der Waals surface area contributed by atoms with E-state index < -0.39 is 46.6 Å². The van der Waals surface area contributed by atoms with E-state index in [9.17, 15) is 39.3 Å². The summed E-state index contributed by atoms with van der Waals surface area (Å²) in [4.78, 5) is 76.4. The van der Waals surface area contributed by atoms with Crippen LogP contribution >= 0.6 is 34.9 Å². The lowest BCUT2D eigenvalue weighted by Gasteiger charge is -2.49. The third-order valence-electron chi connectivity index (χ3n) is 6.99. The molecular formula is C27H23N9O8S3. The van der Waals surface area contributed by atoms with Gasteiger partial charge < -0.3 is 31.7 Å². The molecule has 4 aromatic rings. The summed E-state index contributed by atoms with van der Waals surface area (Å²) in [6, 6.07) is 4.31. The lowest BCUT2D eigenvalue weighted by molar-refractivity contribution is -0.150. The summed E-state index contributed by atoms with van der Waals surface area (Å²) in [5.74, 6) is -4.40. The van der Waals surface area contributed by atoms with E-state index in [1.165, 1.54) is 45.6 Å². The van der Waals surface area contributed by atoms with Crippen molar-refractivity contribution in [2.24, 2.45) is 0 Å². The number of nitrogens with zero attached hydrogens (tertiary/aromatic N) is 6. The first kappa shape index (κ1) is 31.8. The Morgan fingerprint density at radius 2 is 1.91 bits per heavy atom. The highest BCUT2D eigenvalue weighted by atomic mass is 32.2. The number of aromatic nitrogens is 5. The van der Waals surface area contributed by atoms with Gasteiger partial charge in [0.15, 0.2) is 22.5 Å². The molecule has 1 aromatic carbocycles. The number of hydrogen-bond acceptors (Lipinski definition) is 15. The molecule has 5 heterocycles. The van der Waals surface area contributed by atoms with Gasteiger partial charge in [-0.15, -0.1) is 40.0 Å². The van der Waals surface area contributed by atoms with Gasteiger partial charge in [0.05, 0.1) is 6.54 Å². The van der Waals surface area contributed by atoms with E-state index in [0.717, 1.165) is 22.3 Å². The molecule has 17 nitrogen and oxygen atoms in total. The van der Waals surface area contributed by atoms with Gasteiger partial charge in [0, 0.05) is 28.1 Å². The Labute approximate surface area is 276 Å². The highest BCUT2D eigenvalue weighted by molar-refractivity contribution is 8.01. The molecule has 6 rings (SSSR count). The van der Waals surface area contributed by atoms with Crippen LogP contribution in [0.2, 0.25) is 0 Å². The lowest BCUT2D eigenvalue weighted by Crippen LogP contribution is -2.71. The summed E-state index contributed by atoms with van der Waals surface area (Å²) in [5.41, 5.74) is 6.38. The Morgan fingerprint density at radius 1 is 1.13 bits per heavy atom. The number of phenolic OH excluding ortho intramolecular Hbond substituents is 2. The van der Waals surface area contributed by atoms with E-state index in [1.807, 2.05) is 0 Å². The molecule has 2 aliphatic rings. The number of Topliss-reactive ketones (excluding diaryl/α,β-unsaturated/α-hetero) is 1. The standard InChI is InChI=1S/C27H23N9O8S3/c1-10-4-17(36-27(30-10)32-16(34-36)6-29-21(40)11-2-3-14(37)15(38)5-11)45-7-12-8-46-24-18(23(42)35(24)19(12)25(43)44)33-22(41)20(39)13-9-47-26(28)31-13/h2-5,9,18,24,37-38H,6-8H2,1H3,(H2,28,31)(H,29,40)(H,33,41)(H,43,44)/t18-,24-/m1/s1. The largest absolute Gasteiger partial charge is 0.504 e. The van der Waals surface area contributed by atoms with Crippen LogP contribution in [-0.2, 0) is 20.9 Å². The molecule has 2 aliphatic heterocycles. The first-order chi connectivity index (χ1) is 22.4. The fourth-order valence-corrected chi connectivity index (χ4v) is 7.85. The number of thiazole rings is 1. The summed E-state index contributed by atoms with van der Waals surface area (Å²) in [6.45, 7) is 1.68. The number of thioether (sulfide) groups is 2. The summed E-state index contributed by atoms with van der Waals surface area (Å²) >= 11 is 3.50. The number of amides is 3. The molecule has 242 valence electrons. The minimum Gasteiger partial charge on any atom is -0.504 e. The number of anilines is 1. The third-order valence-corrected chi connectivity index (χ3v) is 10.1. The Bertz CT molecular complexity index is 2030. The Morgan fingerprint density at radius 3 is 2.62 bits per heavy atom. The molecule has 3 aromatic heterocycles. The maximum Gasteiger partial charge on any atom is 0.352 e. The van der Waals surface area contributed by atoms with Crippen molar-refractivity contribution >= 4 is 75.2 Å². The molecule has 0 saturated carbocycles. The number of nitrogen functional groups attached to an aromatic ring is 1. The zero-order valence-electron chi connectivity index (χ0n) is 24.0. The maximum absolute atomic E-state index is 13.0. The van der Waals surface area contributed by atoms with E-state index in [-0.39, 0.29) is 57.5 Å². The molecule has 0 radical (unpaired) electrons. The van der Waals surface area contributed by atoms with Crippen LogP contribution in [0.1, 0.15) is 32.4 Å². The van der Waals surface area contributed by atoms with E-state index in [1.54, 1.807) is 13.0 Å². The van der Waals surface area contributed by atoms with Crippen molar-refractivity contribution in [3.63, 3.8) is 0 Å². The van der Waals surface area contributed by atoms with Crippen molar-refractivity contribution in [1.82, 2.24) is 40.1 Å². The maximum atomic E-state index is 13.0. The lowest BCUT2D eigenvalue weighted by atomic mass is 10.0. The van der Waals surface area contributed by atoms with Crippen molar-refractivity contribution in [2.45, 2.75) is 29.9 Å². The number of nitrogens with two attached hydrogens (primary N) is 1. The van der Waals surface area contributed by atoms with Gasteiger partial charge in [0.2, 0.25) is 0 Å². The summed E-state index contributed by atoms with van der Waals surface area (Å²) in [5, 5.41) is 40.0. The number of ketones is 1. The van der Waals surface area contributed by atoms with E-state index in [4.69, 9.17) is 5.73 Å². The number of carbonyl (C=O) groups excluding carboxylic acids is 4. The second-order valence-corrected chi connectivity index (χ2v) is 13.2. The van der Waals surface area contributed by atoms with Crippen LogP contribution < -0.4 is 16.4 Å². The van der Waals surface area contributed by atoms with Crippen LogP contribution in [0, 0.1) is 6.92 Å². The molecule has 20 heteroatoms. The summed E-state index contributed by atoms with van der Waals surface area (Å²) < 4.78 is 1.46. The van der Waals surface area contributed by atoms with Crippen molar-refractivity contribution in [3.8, 4) is 11.5 Å². The zero-order chi connectivity index (χ0) is 33.6. The molecule has 0 unspecified atom stereocenters. The monoisotopic (exact) mass is 697 g/mol. The minimum atomic E-state index is -1.31. The van der Waals surface area contributed by atoms with Crippen LogP contribution in [0.25, 0.3) is 5.78 Å². The number of hydrogen-bond donors (Lipinski definition) is 6. The number of carbonyl (C=O) groups is 5. The minimum absolute atomic E-state index is 0.0719. The Balaban J connectivity index is 1.14. The summed E-state index contributed by atoms with van der Waals surface area (Å²) in [7, 11) is 0. The van der Waals surface area contributed by atoms with Gasteiger partial charge in [-0.3, -0.25) is 24.1 Å². The van der Waals surface area contributed by atoms with Gasteiger partial charge in [-0.25, -0.2) is 14.8 Å². The molecule has 0 bridgehead atoms. The number of aromatic hydroxyl groups is 2.